The fourth-order valence-electron chi connectivity index (χ4n) is 2.60. The Labute approximate surface area is 147 Å². The maximum Gasteiger partial charge on any atom is 0.0768 e. The number of nitrogens with one attached hydrogen (secondary N) is 3. The number of nitrogens with zero attached hydrogens (tertiary/aromatic N) is 3. The summed E-state index contributed by atoms with van der Waals surface area (Å²) in [6.07, 6.45) is 9.79. The van der Waals surface area contributed by atoms with Crippen molar-refractivity contribution in [3.05, 3.63) is 59.5 Å². The van der Waals surface area contributed by atoms with Crippen LogP contribution in [-0.4, -0.2) is 26.0 Å². The van der Waals surface area contributed by atoms with Crippen LogP contribution >= 0.6 is 0 Å². The number of aryl methyl sites for hydroxylation is 2. The molecule has 0 aromatic carbocycles. The van der Waals surface area contributed by atoms with Gasteiger partial charge in [0.25, 0.3) is 0 Å². The van der Waals surface area contributed by atoms with Crippen LogP contribution < -0.4 is 16.2 Å². The van der Waals surface area contributed by atoms with Gasteiger partial charge in [0.05, 0.1) is 29.4 Å². The zero-order valence-corrected chi connectivity index (χ0v) is 14.7. The first kappa shape index (κ1) is 17.0. The van der Waals surface area contributed by atoms with Crippen molar-refractivity contribution in [3.63, 3.8) is 0 Å². The van der Waals surface area contributed by atoms with E-state index in [9.17, 15) is 5.11 Å². The molecule has 3 rings (SSSR count). The number of rotatable bonds is 6. The van der Waals surface area contributed by atoms with E-state index < -0.39 is 0 Å². The summed E-state index contributed by atoms with van der Waals surface area (Å²) in [5.41, 5.74) is 12.5. The van der Waals surface area contributed by atoms with Crippen molar-refractivity contribution in [2.24, 2.45) is 0 Å². The van der Waals surface area contributed by atoms with Crippen molar-refractivity contribution in [2.45, 2.75) is 39.8 Å². The van der Waals surface area contributed by atoms with Crippen LogP contribution in [0, 0.1) is 6.92 Å². The summed E-state index contributed by atoms with van der Waals surface area (Å²) in [7, 11) is 0. The molecular formula is C18H24N6O. The molecule has 7 heteroatoms. The molecule has 0 fully saturated rings. The van der Waals surface area contributed by atoms with Gasteiger partial charge in [0.2, 0.25) is 0 Å². The molecule has 0 amide bonds. The molecule has 0 bridgehead atoms. The van der Waals surface area contributed by atoms with Gasteiger partial charge in [0, 0.05) is 36.4 Å². The monoisotopic (exact) mass is 340 g/mol. The molecule has 4 N–H and O–H groups in total. The van der Waals surface area contributed by atoms with Gasteiger partial charge in [-0.15, -0.1) is 0 Å². The third kappa shape index (κ3) is 4.19. The minimum absolute atomic E-state index is 0.322. The van der Waals surface area contributed by atoms with Gasteiger partial charge in [-0.25, -0.2) is 0 Å². The normalized spacial score (nSPS) is 16.7. The molecular weight excluding hydrogens is 316 g/mol. The number of hydrogen-bond donors (Lipinski definition) is 4. The number of hydrazine groups is 1. The Morgan fingerprint density at radius 2 is 2.20 bits per heavy atom. The first-order chi connectivity index (χ1) is 12.0. The van der Waals surface area contributed by atoms with E-state index in [4.69, 9.17) is 0 Å². The zero-order chi connectivity index (χ0) is 17.8. The minimum atomic E-state index is -0.322. The number of hydrogen-bond acceptors (Lipinski definition) is 6. The molecule has 1 aliphatic heterocycles. The van der Waals surface area contributed by atoms with Gasteiger partial charge in [0.15, 0.2) is 0 Å². The zero-order valence-electron chi connectivity index (χ0n) is 14.7. The van der Waals surface area contributed by atoms with Crippen LogP contribution in [0.4, 0.5) is 5.69 Å². The van der Waals surface area contributed by atoms with Crippen LogP contribution in [0.25, 0.3) is 5.70 Å². The number of aliphatic hydroxyl groups is 1. The van der Waals surface area contributed by atoms with Gasteiger partial charge in [-0.3, -0.25) is 15.1 Å². The summed E-state index contributed by atoms with van der Waals surface area (Å²) in [5, 5.41) is 17.0. The Morgan fingerprint density at radius 1 is 1.36 bits per heavy atom. The van der Waals surface area contributed by atoms with Gasteiger partial charge in [0.1, 0.15) is 0 Å². The fraction of sp³-hybridized carbons (Fsp3) is 0.333. The van der Waals surface area contributed by atoms with E-state index in [1.807, 2.05) is 30.1 Å². The van der Waals surface area contributed by atoms with Crippen molar-refractivity contribution in [2.75, 3.05) is 5.32 Å². The lowest BCUT2D eigenvalue weighted by atomic mass is 10.1. The molecule has 0 saturated carbocycles. The predicted molar refractivity (Wildman–Crippen MR) is 98.1 cm³/mol. The van der Waals surface area contributed by atoms with E-state index in [1.54, 1.807) is 19.3 Å². The number of aromatic nitrogens is 3. The molecule has 1 atom stereocenters. The number of allylic oxidation sites excluding steroid dienone is 2. The maximum absolute atomic E-state index is 9.36. The molecule has 0 radical (unpaired) electrons. The lowest BCUT2D eigenvalue weighted by Crippen LogP contribution is -2.24. The Kier molecular flexibility index (Phi) is 5.04. The van der Waals surface area contributed by atoms with Gasteiger partial charge in [-0.2, -0.15) is 5.10 Å². The maximum atomic E-state index is 9.36. The Hall–Kier alpha value is -2.80. The van der Waals surface area contributed by atoms with Crippen LogP contribution in [0.3, 0.4) is 0 Å². The number of pyridine rings is 1. The van der Waals surface area contributed by atoms with E-state index >= 15 is 0 Å². The summed E-state index contributed by atoms with van der Waals surface area (Å²) >= 11 is 0. The van der Waals surface area contributed by atoms with E-state index in [-0.39, 0.29) is 6.10 Å². The Bertz CT molecular complexity index is 805. The van der Waals surface area contributed by atoms with Crippen molar-refractivity contribution >= 4 is 11.4 Å². The molecule has 1 aliphatic rings. The molecule has 2 aromatic rings. The SMILES string of the molecule is C/C(Nc1cnn(CC[C@H](C)O)c1)=C1\C=C(c2cnccc2C)NN1. The summed E-state index contributed by atoms with van der Waals surface area (Å²) < 4.78 is 1.83. The largest absolute Gasteiger partial charge is 0.393 e. The quantitative estimate of drug-likeness (QED) is 0.645. The first-order valence-corrected chi connectivity index (χ1v) is 8.36. The molecule has 25 heavy (non-hydrogen) atoms. The van der Waals surface area contributed by atoms with E-state index in [0.717, 1.165) is 28.3 Å². The van der Waals surface area contributed by atoms with Crippen molar-refractivity contribution in [3.8, 4) is 0 Å². The van der Waals surface area contributed by atoms with E-state index in [1.165, 1.54) is 5.56 Å². The topological polar surface area (TPSA) is 87.0 Å². The first-order valence-electron chi connectivity index (χ1n) is 8.36. The average molecular weight is 340 g/mol. The van der Waals surface area contributed by atoms with Gasteiger partial charge >= 0.3 is 0 Å². The molecule has 3 heterocycles. The standard InChI is InChI=1S/C18H24N6O/c1-12-4-6-19-10-16(12)18-8-17(22-23-18)14(3)21-15-9-20-24(11-15)7-5-13(2)25/h4,6,8-11,13,21-23,25H,5,7H2,1-3H3/b17-14-/t13-/m0/s1. The van der Waals surface area contributed by atoms with Crippen LogP contribution in [0.2, 0.25) is 0 Å². The Balaban J connectivity index is 1.70. The molecule has 7 nitrogen and oxygen atoms in total. The number of anilines is 1. The van der Waals surface area contributed by atoms with Gasteiger partial charge in [-0.05, 0) is 44.9 Å². The van der Waals surface area contributed by atoms with Crippen LogP contribution in [0.1, 0.15) is 31.4 Å². The van der Waals surface area contributed by atoms with Crippen molar-refractivity contribution in [1.82, 2.24) is 25.6 Å². The third-order valence-electron chi connectivity index (χ3n) is 4.09. The lowest BCUT2D eigenvalue weighted by Gasteiger charge is -2.08. The molecule has 0 unspecified atom stereocenters. The summed E-state index contributed by atoms with van der Waals surface area (Å²) in [5.74, 6) is 0. The second-order valence-corrected chi connectivity index (χ2v) is 6.29. The summed E-state index contributed by atoms with van der Waals surface area (Å²) in [6.45, 7) is 6.55. The second-order valence-electron chi connectivity index (χ2n) is 6.29. The highest BCUT2D eigenvalue weighted by atomic mass is 16.3. The van der Waals surface area contributed by atoms with Gasteiger partial charge < -0.3 is 15.8 Å². The Morgan fingerprint density at radius 3 is 2.96 bits per heavy atom. The predicted octanol–water partition coefficient (Wildman–Crippen LogP) is 2.15. The number of aliphatic hydroxyl groups excluding tert-OH is 1. The van der Waals surface area contributed by atoms with Crippen LogP contribution in [0.5, 0.6) is 0 Å². The highest BCUT2D eigenvalue weighted by Crippen LogP contribution is 2.21. The summed E-state index contributed by atoms with van der Waals surface area (Å²) in [6, 6.07) is 1.99. The minimum Gasteiger partial charge on any atom is -0.393 e. The van der Waals surface area contributed by atoms with Crippen LogP contribution in [0.15, 0.2) is 48.3 Å². The smallest absolute Gasteiger partial charge is 0.0768 e. The third-order valence-corrected chi connectivity index (χ3v) is 4.09. The van der Waals surface area contributed by atoms with E-state index in [2.05, 4.69) is 39.3 Å². The summed E-state index contributed by atoms with van der Waals surface area (Å²) in [4.78, 5) is 4.19. The molecule has 0 spiro atoms. The van der Waals surface area contributed by atoms with Crippen LogP contribution in [-0.2, 0) is 6.54 Å². The van der Waals surface area contributed by atoms with Gasteiger partial charge in [-0.1, -0.05) is 0 Å². The second kappa shape index (κ2) is 7.40. The average Bonchev–Trinajstić information content (AvgIpc) is 3.23. The molecule has 132 valence electrons. The molecule has 0 saturated heterocycles. The molecule has 2 aromatic heterocycles. The lowest BCUT2D eigenvalue weighted by molar-refractivity contribution is 0.176. The highest BCUT2D eigenvalue weighted by molar-refractivity contribution is 5.71. The molecule has 0 aliphatic carbocycles. The fourth-order valence-corrected chi connectivity index (χ4v) is 2.60. The van der Waals surface area contributed by atoms with Crippen molar-refractivity contribution < 1.29 is 5.11 Å². The highest BCUT2D eigenvalue weighted by Gasteiger charge is 2.14. The van der Waals surface area contributed by atoms with E-state index in [0.29, 0.717) is 13.0 Å². The van der Waals surface area contributed by atoms with Crippen molar-refractivity contribution in [1.29, 1.82) is 0 Å².